The minimum absolute atomic E-state index is 0.0704. The van der Waals surface area contributed by atoms with E-state index in [4.69, 9.17) is 4.98 Å². The second-order valence-corrected chi connectivity index (χ2v) is 9.17. The molecule has 1 aliphatic rings. The number of hydrogen-bond donors (Lipinski definition) is 1. The van der Waals surface area contributed by atoms with Crippen LogP contribution in [0.3, 0.4) is 0 Å². The highest BCUT2D eigenvalue weighted by Crippen LogP contribution is 2.34. The number of rotatable bonds is 5. The highest BCUT2D eigenvalue weighted by atomic mass is 16.1. The van der Waals surface area contributed by atoms with Crippen molar-refractivity contribution in [2.75, 3.05) is 0 Å². The van der Waals surface area contributed by atoms with Gasteiger partial charge < -0.3 is 5.32 Å². The van der Waals surface area contributed by atoms with E-state index >= 15 is 0 Å². The molecule has 3 heteroatoms. The number of benzene rings is 3. The number of amides is 1. The van der Waals surface area contributed by atoms with Crippen LogP contribution in [0.4, 0.5) is 0 Å². The zero-order valence-corrected chi connectivity index (χ0v) is 19.2. The average Bonchev–Trinajstić information content (AvgIpc) is 2.87. The van der Waals surface area contributed by atoms with Crippen LogP contribution in [0, 0.1) is 6.92 Å². The summed E-state index contributed by atoms with van der Waals surface area (Å²) < 4.78 is 0. The standard InChI is InChI=1S/C30H30N2O/c1-21-18-28(30(33)31-20-22-8-4-2-5-9-22)27-17-16-26(19-29(27)32-21)25-14-12-24(13-15-25)23-10-6-3-7-11-23/h2,4-5,8-9,12-19,23H,3,6-7,10-11,20H2,1H3,(H,31,33). The quantitative estimate of drug-likeness (QED) is 0.361. The molecular weight excluding hydrogens is 404 g/mol. The van der Waals surface area contributed by atoms with Crippen molar-refractivity contribution in [2.24, 2.45) is 0 Å². The van der Waals surface area contributed by atoms with E-state index < -0.39 is 0 Å². The van der Waals surface area contributed by atoms with Crippen LogP contribution in [0.1, 0.15) is 65.2 Å². The second kappa shape index (κ2) is 9.58. The normalized spacial score (nSPS) is 14.3. The topological polar surface area (TPSA) is 42.0 Å². The molecule has 0 aliphatic heterocycles. The summed E-state index contributed by atoms with van der Waals surface area (Å²) in [5.74, 6) is 0.643. The number of nitrogens with one attached hydrogen (secondary N) is 1. The molecule has 1 amide bonds. The molecule has 1 heterocycles. The van der Waals surface area contributed by atoms with Crippen LogP contribution < -0.4 is 5.32 Å². The number of aryl methyl sites for hydroxylation is 1. The summed E-state index contributed by atoms with van der Waals surface area (Å²) in [7, 11) is 0. The van der Waals surface area contributed by atoms with Gasteiger partial charge in [-0.05, 0) is 60.1 Å². The molecule has 1 saturated carbocycles. The summed E-state index contributed by atoms with van der Waals surface area (Å²) in [6.07, 6.45) is 6.71. The van der Waals surface area contributed by atoms with Crippen LogP contribution in [0.15, 0.2) is 78.9 Å². The van der Waals surface area contributed by atoms with Crippen LogP contribution in [0.5, 0.6) is 0 Å². The number of hydrogen-bond acceptors (Lipinski definition) is 2. The Morgan fingerprint density at radius 2 is 1.61 bits per heavy atom. The summed E-state index contributed by atoms with van der Waals surface area (Å²) in [6, 6.07) is 27.1. The lowest BCUT2D eigenvalue weighted by molar-refractivity contribution is 0.0952. The van der Waals surface area contributed by atoms with Crippen molar-refractivity contribution in [2.45, 2.75) is 51.5 Å². The van der Waals surface area contributed by atoms with Gasteiger partial charge in [-0.1, -0.05) is 86.0 Å². The third-order valence-electron chi connectivity index (χ3n) is 6.80. The molecule has 166 valence electrons. The van der Waals surface area contributed by atoms with Gasteiger partial charge in [0.25, 0.3) is 5.91 Å². The number of carbonyl (C=O) groups is 1. The molecule has 1 aliphatic carbocycles. The van der Waals surface area contributed by atoms with Gasteiger partial charge in [-0.25, -0.2) is 0 Å². The first kappa shape index (κ1) is 21.4. The number of carbonyl (C=O) groups excluding carboxylic acids is 1. The van der Waals surface area contributed by atoms with E-state index in [9.17, 15) is 4.79 Å². The molecule has 0 bridgehead atoms. The third-order valence-corrected chi connectivity index (χ3v) is 6.80. The fourth-order valence-corrected chi connectivity index (χ4v) is 4.99. The van der Waals surface area contributed by atoms with Crippen molar-refractivity contribution < 1.29 is 4.79 Å². The van der Waals surface area contributed by atoms with Gasteiger partial charge in [-0.15, -0.1) is 0 Å². The molecule has 1 fully saturated rings. The van der Waals surface area contributed by atoms with E-state index in [1.807, 2.05) is 49.4 Å². The van der Waals surface area contributed by atoms with Crippen molar-refractivity contribution >= 4 is 16.8 Å². The molecular formula is C30H30N2O. The third kappa shape index (κ3) is 4.83. The number of pyridine rings is 1. The van der Waals surface area contributed by atoms with Crippen LogP contribution >= 0.6 is 0 Å². The van der Waals surface area contributed by atoms with Gasteiger partial charge in [0.2, 0.25) is 0 Å². The molecule has 1 N–H and O–H groups in total. The zero-order valence-electron chi connectivity index (χ0n) is 19.2. The van der Waals surface area contributed by atoms with Crippen molar-refractivity contribution in [1.82, 2.24) is 10.3 Å². The Morgan fingerprint density at radius 3 is 2.36 bits per heavy atom. The van der Waals surface area contributed by atoms with Gasteiger partial charge in [-0.2, -0.15) is 0 Å². The monoisotopic (exact) mass is 434 g/mol. The SMILES string of the molecule is Cc1cc(C(=O)NCc2ccccc2)c2ccc(-c3ccc(C4CCCCC4)cc3)cc2n1. The minimum atomic E-state index is -0.0704. The molecule has 0 saturated heterocycles. The number of aromatic nitrogens is 1. The lowest BCUT2D eigenvalue weighted by Gasteiger charge is -2.22. The van der Waals surface area contributed by atoms with Gasteiger partial charge in [0.05, 0.1) is 11.1 Å². The minimum Gasteiger partial charge on any atom is -0.348 e. The van der Waals surface area contributed by atoms with Crippen molar-refractivity contribution in [3.8, 4) is 11.1 Å². The first-order valence-electron chi connectivity index (χ1n) is 12.0. The molecule has 0 atom stereocenters. The highest BCUT2D eigenvalue weighted by molar-refractivity contribution is 6.06. The average molecular weight is 435 g/mol. The maximum Gasteiger partial charge on any atom is 0.252 e. The summed E-state index contributed by atoms with van der Waals surface area (Å²) in [5, 5.41) is 3.93. The number of nitrogens with zero attached hydrogens (tertiary/aromatic N) is 1. The smallest absolute Gasteiger partial charge is 0.252 e. The molecule has 1 aromatic heterocycles. The predicted molar refractivity (Wildman–Crippen MR) is 135 cm³/mol. The van der Waals surface area contributed by atoms with Gasteiger partial charge in [0.1, 0.15) is 0 Å². The van der Waals surface area contributed by atoms with E-state index in [-0.39, 0.29) is 5.91 Å². The molecule has 3 aromatic carbocycles. The largest absolute Gasteiger partial charge is 0.348 e. The molecule has 0 spiro atoms. The van der Waals surface area contributed by atoms with Crippen molar-refractivity contribution in [3.05, 3.63) is 101 Å². The Kier molecular flexibility index (Phi) is 6.21. The Balaban J connectivity index is 1.39. The molecule has 0 radical (unpaired) electrons. The van der Waals surface area contributed by atoms with Crippen molar-refractivity contribution in [3.63, 3.8) is 0 Å². The summed E-state index contributed by atoms with van der Waals surface area (Å²) in [6.45, 7) is 2.45. The van der Waals surface area contributed by atoms with Gasteiger partial charge >= 0.3 is 0 Å². The van der Waals surface area contributed by atoms with Crippen LogP contribution in [0.2, 0.25) is 0 Å². The zero-order chi connectivity index (χ0) is 22.6. The Hall–Kier alpha value is -3.46. The second-order valence-electron chi connectivity index (χ2n) is 9.17. The maximum absolute atomic E-state index is 13.0. The van der Waals surface area contributed by atoms with E-state index in [1.165, 1.54) is 43.2 Å². The fraction of sp³-hybridized carbons (Fsp3) is 0.267. The summed E-state index contributed by atoms with van der Waals surface area (Å²) >= 11 is 0. The summed E-state index contributed by atoms with van der Waals surface area (Å²) in [5.41, 5.74) is 7.24. The van der Waals surface area contributed by atoms with E-state index in [0.29, 0.717) is 18.0 Å². The highest BCUT2D eigenvalue weighted by Gasteiger charge is 2.16. The van der Waals surface area contributed by atoms with Gasteiger partial charge in [-0.3, -0.25) is 9.78 Å². The van der Waals surface area contributed by atoms with Crippen LogP contribution in [-0.2, 0) is 6.54 Å². The molecule has 4 aromatic rings. The van der Waals surface area contributed by atoms with Gasteiger partial charge in [0, 0.05) is 17.6 Å². The van der Waals surface area contributed by atoms with Crippen LogP contribution in [-0.4, -0.2) is 10.9 Å². The summed E-state index contributed by atoms with van der Waals surface area (Å²) in [4.78, 5) is 17.7. The lowest BCUT2D eigenvalue weighted by Crippen LogP contribution is -2.23. The predicted octanol–water partition coefficient (Wildman–Crippen LogP) is 7.19. The molecule has 3 nitrogen and oxygen atoms in total. The van der Waals surface area contributed by atoms with Crippen molar-refractivity contribution in [1.29, 1.82) is 0 Å². The lowest BCUT2D eigenvalue weighted by atomic mass is 9.83. The first-order valence-corrected chi connectivity index (χ1v) is 12.0. The fourth-order valence-electron chi connectivity index (χ4n) is 4.99. The molecule has 33 heavy (non-hydrogen) atoms. The Labute approximate surface area is 195 Å². The van der Waals surface area contributed by atoms with E-state index in [1.54, 1.807) is 0 Å². The molecule has 0 unspecified atom stereocenters. The van der Waals surface area contributed by atoms with Gasteiger partial charge in [0.15, 0.2) is 0 Å². The van der Waals surface area contributed by atoms with E-state index in [0.717, 1.165) is 27.7 Å². The van der Waals surface area contributed by atoms with Crippen LogP contribution in [0.25, 0.3) is 22.0 Å². The Morgan fingerprint density at radius 1 is 0.879 bits per heavy atom. The Bertz CT molecular complexity index is 1260. The maximum atomic E-state index is 13.0. The first-order chi connectivity index (χ1) is 16.2. The number of fused-ring (bicyclic) bond motifs is 1. The molecule has 5 rings (SSSR count). The van der Waals surface area contributed by atoms with E-state index in [2.05, 4.69) is 41.7 Å².